The third-order valence-corrected chi connectivity index (χ3v) is 4.68. The Morgan fingerprint density at radius 3 is 2.57 bits per heavy atom. The lowest BCUT2D eigenvalue weighted by Gasteiger charge is -2.25. The molecular weight excluding hydrogens is 362 g/mol. The van der Waals surface area contributed by atoms with Crippen molar-refractivity contribution in [1.29, 1.82) is 0 Å². The van der Waals surface area contributed by atoms with Crippen LogP contribution in [0.15, 0.2) is 41.3 Å². The Balaban J connectivity index is 1.78. The molecule has 1 aliphatic carbocycles. The van der Waals surface area contributed by atoms with Gasteiger partial charge in [0.2, 0.25) is 0 Å². The van der Waals surface area contributed by atoms with E-state index in [0.29, 0.717) is 0 Å². The molecule has 1 saturated carbocycles. The van der Waals surface area contributed by atoms with Gasteiger partial charge in [0.1, 0.15) is 17.6 Å². The van der Waals surface area contributed by atoms with Crippen LogP contribution in [0.4, 0.5) is 0 Å². The minimum absolute atomic E-state index is 0.0162. The quantitative estimate of drug-likeness (QED) is 0.838. The fraction of sp³-hybridized carbons (Fsp3) is 0.312. The number of rotatable bonds is 5. The monoisotopic (exact) mass is 377 g/mol. The van der Waals surface area contributed by atoms with Crippen LogP contribution >= 0.6 is 15.9 Å². The number of carboxylic acids is 1. The molecule has 0 spiro atoms. The van der Waals surface area contributed by atoms with Crippen molar-refractivity contribution in [3.63, 3.8) is 0 Å². The summed E-state index contributed by atoms with van der Waals surface area (Å²) in [6.45, 7) is 1.55. The zero-order chi connectivity index (χ0) is 16.6. The molecule has 23 heavy (non-hydrogen) atoms. The predicted molar refractivity (Wildman–Crippen MR) is 87.5 cm³/mol. The highest BCUT2D eigenvalue weighted by atomic mass is 79.9. The van der Waals surface area contributed by atoms with Crippen LogP contribution in [-0.4, -0.2) is 32.1 Å². The van der Waals surface area contributed by atoms with Crippen LogP contribution < -0.4 is 5.32 Å². The molecule has 1 unspecified atom stereocenters. The number of nitrogens with zero attached hydrogens (tertiary/aromatic N) is 2. The van der Waals surface area contributed by atoms with Crippen LogP contribution in [0.5, 0.6) is 0 Å². The van der Waals surface area contributed by atoms with Crippen molar-refractivity contribution in [1.82, 2.24) is 14.9 Å². The summed E-state index contributed by atoms with van der Waals surface area (Å²) in [6, 6.07) is 7.56. The van der Waals surface area contributed by atoms with Gasteiger partial charge in [0.15, 0.2) is 0 Å². The summed E-state index contributed by atoms with van der Waals surface area (Å²) in [7, 11) is 0. The normalized spacial score (nSPS) is 16.6. The number of aliphatic carboxylic acids is 1. The van der Waals surface area contributed by atoms with Crippen molar-refractivity contribution in [3.05, 3.63) is 47.0 Å². The molecule has 1 atom stereocenters. The standard InChI is InChI=1S/C16H16BrN3O3/c1-16(15(22)23,10-2-3-10)19-14(21)13-8-20(9-18-13)12-6-4-11(17)5-7-12/h4-10H,2-3H2,1H3,(H,19,21)(H,22,23). The molecule has 0 radical (unpaired) electrons. The van der Waals surface area contributed by atoms with Gasteiger partial charge in [-0.1, -0.05) is 15.9 Å². The van der Waals surface area contributed by atoms with E-state index in [1.54, 1.807) is 17.7 Å². The molecular formula is C16H16BrN3O3. The average molecular weight is 378 g/mol. The minimum atomic E-state index is -1.24. The molecule has 1 aromatic heterocycles. The molecule has 1 heterocycles. The molecule has 1 amide bonds. The Labute approximate surface area is 141 Å². The number of carboxylic acid groups (broad SMARTS) is 1. The van der Waals surface area contributed by atoms with Gasteiger partial charge in [-0.3, -0.25) is 4.79 Å². The zero-order valence-electron chi connectivity index (χ0n) is 12.5. The van der Waals surface area contributed by atoms with Crippen LogP contribution in [0.3, 0.4) is 0 Å². The summed E-state index contributed by atoms with van der Waals surface area (Å²) in [5.74, 6) is -1.50. The number of benzene rings is 1. The molecule has 3 rings (SSSR count). The summed E-state index contributed by atoms with van der Waals surface area (Å²) in [5, 5.41) is 12.0. The minimum Gasteiger partial charge on any atom is -0.480 e. The van der Waals surface area contributed by atoms with Crippen molar-refractivity contribution in [2.45, 2.75) is 25.3 Å². The third kappa shape index (κ3) is 3.14. The van der Waals surface area contributed by atoms with E-state index in [1.807, 2.05) is 24.3 Å². The summed E-state index contributed by atoms with van der Waals surface area (Å²) in [6.07, 6.45) is 4.76. The van der Waals surface area contributed by atoms with E-state index in [2.05, 4.69) is 26.2 Å². The van der Waals surface area contributed by atoms with Crippen LogP contribution in [0.25, 0.3) is 5.69 Å². The highest BCUT2D eigenvalue weighted by molar-refractivity contribution is 9.10. The van der Waals surface area contributed by atoms with Crippen molar-refractivity contribution in [3.8, 4) is 5.69 Å². The second-order valence-corrected chi connectivity index (χ2v) is 6.79. The first-order valence-corrected chi connectivity index (χ1v) is 8.05. The van der Waals surface area contributed by atoms with E-state index >= 15 is 0 Å². The van der Waals surface area contributed by atoms with Gasteiger partial charge in [-0.05, 0) is 49.9 Å². The zero-order valence-corrected chi connectivity index (χ0v) is 14.1. The maximum absolute atomic E-state index is 12.3. The smallest absolute Gasteiger partial charge is 0.329 e. The van der Waals surface area contributed by atoms with Crippen molar-refractivity contribution in [2.24, 2.45) is 5.92 Å². The van der Waals surface area contributed by atoms with E-state index < -0.39 is 17.4 Å². The number of hydrogen-bond donors (Lipinski definition) is 2. The molecule has 1 aliphatic rings. The third-order valence-electron chi connectivity index (χ3n) is 4.15. The maximum atomic E-state index is 12.3. The van der Waals surface area contributed by atoms with Gasteiger partial charge in [0.05, 0.1) is 0 Å². The van der Waals surface area contributed by atoms with E-state index in [9.17, 15) is 14.7 Å². The Bertz CT molecular complexity index is 752. The molecule has 0 aliphatic heterocycles. The van der Waals surface area contributed by atoms with Gasteiger partial charge in [-0.15, -0.1) is 0 Å². The first-order chi connectivity index (χ1) is 10.9. The lowest BCUT2D eigenvalue weighted by atomic mass is 9.96. The van der Waals surface area contributed by atoms with Crippen LogP contribution in [0.2, 0.25) is 0 Å². The topological polar surface area (TPSA) is 84.2 Å². The molecule has 1 fully saturated rings. The maximum Gasteiger partial charge on any atom is 0.329 e. The SMILES string of the molecule is CC(NC(=O)c1cn(-c2ccc(Br)cc2)cn1)(C(=O)O)C1CC1. The van der Waals surface area contributed by atoms with E-state index in [4.69, 9.17) is 0 Å². The van der Waals surface area contributed by atoms with E-state index in [1.165, 1.54) is 6.33 Å². The number of carbonyl (C=O) groups excluding carboxylic acids is 1. The fourth-order valence-corrected chi connectivity index (χ4v) is 2.75. The summed E-state index contributed by atoms with van der Waals surface area (Å²) >= 11 is 3.37. The second-order valence-electron chi connectivity index (χ2n) is 5.88. The average Bonchev–Trinajstić information content (AvgIpc) is 3.26. The number of amides is 1. The Morgan fingerprint density at radius 2 is 2.00 bits per heavy atom. The Morgan fingerprint density at radius 1 is 1.35 bits per heavy atom. The molecule has 1 aromatic carbocycles. The van der Waals surface area contributed by atoms with Gasteiger partial charge in [-0.2, -0.15) is 0 Å². The van der Waals surface area contributed by atoms with Gasteiger partial charge >= 0.3 is 5.97 Å². The van der Waals surface area contributed by atoms with Gasteiger partial charge < -0.3 is 15.0 Å². The number of imidazole rings is 1. The van der Waals surface area contributed by atoms with Crippen molar-refractivity contribution >= 4 is 27.8 Å². The summed E-state index contributed by atoms with van der Waals surface area (Å²) in [5.41, 5.74) is -0.178. The van der Waals surface area contributed by atoms with Crippen LogP contribution in [-0.2, 0) is 4.79 Å². The Hall–Kier alpha value is -2.15. The molecule has 2 aromatic rings. The summed E-state index contributed by atoms with van der Waals surface area (Å²) in [4.78, 5) is 27.9. The molecule has 0 saturated heterocycles. The number of hydrogen-bond acceptors (Lipinski definition) is 3. The van der Waals surface area contributed by atoms with Gasteiger partial charge in [-0.25, -0.2) is 9.78 Å². The molecule has 2 N–H and O–H groups in total. The fourth-order valence-electron chi connectivity index (χ4n) is 2.49. The van der Waals surface area contributed by atoms with Gasteiger partial charge in [0, 0.05) is 16.4 Å². The van der Waals surface area contributed by atoms with Crippen molar-refractivity contribution in [2.75, 3.05) is 0 Å². The highest BCUT2D eigenvalue weighted by Crippen LogP contribution is 2.39. The number of halogens is 1. The van der Waals surface area contributed by atoms with Crippen molar-refractivity contribution < 1.29 is 14.7 Å². The first-order valence-electron chi connectivity index (χ1n) is 7.26. The van der Waals surface area contributed by atoms with Crippen LogP contribution in [0, 0.1) is 5.92 Å². The summed E-state index contributed by atoms with van der Waals surface area (Å²) < 4.78 is 2.68. The number of carbonyl (C=O) groups is 2. The largest absolute Gasteiger partial charge is 0.480 e. The van der Waals surface area contributed by atoms with E-state index in [0.717, 1.165) is 23.0 Å². The number of nitrogens with one attached hydrogen (secondary N) is 1. The predicted octanol–water partition coefficient (Wildman–Crippen LogP) is 2.62. The lowest BCUT2D eigenvalue weighted by Crippen LogP contribution is -2.54. The second kappa shape index (κ2) is 5.81. The van der Waals surface area contributed by atoms with E-state index in [-0.39, 0.29) is 11.6 Å². The van der Waals surface area contributed by atoms with Gasteiger partial charge in [0.25, 0.3) is 5.91 Å². The Kier molecular flexibility index (Phi) is 3.97. The van der Waals surface area contributed by atoms with Crippen LogP contribution in [0.1, 0.15) is 30.3 Å². The molecule has 0 bridgehead atoms. The molecule has 7 heteroatoms. The first kappa shape index (κ1) is 15.7. The molecule has 120 valence electrons. The highest BCUT2D eigenvalue weighted by Gasteiger charge is 2.48. The molecule has 6 nitrogen and oxygen atoms in total. The lowest BCUT2D eigenvalue weighted by molar-refractivity contribution is -0.144. The number of aromatic nitrogens is 2.